The van der Waals surface area contributed by atoms with Gasteiger partial charge >= 0.3 is 5.97 Å². The number of carbonyl (C=O) groups excluding carboxylic acids is 1. The highest BCUT2D eigenvalue weighted by molar-refractivity contribution is 5.98. The van der Waals surface area contributed by atoms with Crippen molar-refractivity contribution in [2.24, 2.45) is 0 Å². The van der Waals surface area contributed by atoms with Gasteiger partial charge in [0, 0.05) is 11.3 Å². The van der Waals surface area contributed by atoms with Gasteiger partial charge in [0.15, 0.2) is 0 Å². The minimum Gasteiger partial charge on any atom is -0.506 e. The number of pyridine rings is 1. The Labute approximate surface area is 135 Å². The fraction of sp³-hybridized carbons (Fsp3) is 0.188. The Bertz CT molecular complexity index is 872. The highest BCUT2D eigenvalue weighted by atomic mass is 16.5. The minimum atomic E-state index is -1.25. The Morgan fingerprint density at radius 2 is 1.92 bits per heavy atom. The van der Waals surface area contributed by atoms with E-state index in [0.717, 1.165) is 0 Å². The van der Waals surface area contributed by atoms with Crippen LogP contribution in [0.3, 0.4) is 0 Å². The third-order valence-electron chi connectivity index (χ3n) is 3.68. The number of nitrogens with zero attached hydrogens (tertiary/aromatic N) is 1. The summed E-state index contributed by atoms with van der Waals surface area (Å²) < 4.78 is 6.60. The highest BCUT2D eigenvalue weighted by Gasteiger charge is 2.29. The Kier molecular flexibility index (Phi) is 4.05. The van der Waals surface area contributed by atoms with E-state index in [1.54, 1.807) is 30.3 Å². The molecule has 0 spiro atoms. The first kappa shape index (κ1) is 15.8. The van der Waals surface area contributed by atoms with Crippen molar-refractivity contribution in [2.45, 2.75) is 13.2 Å². The summed E-state index contributed by atoms with van der Waals surface area (Å²) >= 11 is 0. The van der Waals surface area contributed by atoms with E-state index in [2.05, 4.69) is 5.32 Å². The van der Waals surface area contributed by atoms with E-state index in [9.17, 15) is 19.5 Å². The van der Waals surface area contributed by atoms with Crippen LogP contribution < -0.4 is 10.9 Å². The van der Waals surface area contributed by atoms with E-state index < -0.39 is 35.3 Å². The topological polar surface area (TPSA) is 118 Å². The first-order valence-electron chi connectivity index (χ1n) is 7.13. The molecule has 0 atom stereocenters. The smallest absolute Gasteiger partial charge is 0.322 e. The normalized spacial score (nSPS) is 12.7. The molecule has 0 fully saturated rings. The van der Waals surface area contributed by atoms with Crippen molar-refractivity contribution in [3.63, 3.8) is 0 Å². The van der Waals surface area contributed by atoms with Gasteiger partial charge in [-0.25, -0.2) is 0 Å². The van der Waals surface area contributed by atoms with Crippen LogP contribution in [0, 0.1) is 0 Å². The maximum atomic E-state index is 12.8. The number of aliphatic carboxylic acids is 1. The first-order chi connectivity index (χ1) is 11.5. The third-order valence-corrected chi connectivity index (χ3v) is 3.68. The number of rotatable bonds is 4. The summed E-state index contributed by atoms with van der Waals surface area (Å²) in [7, 11) is 0. The number of hydrogen-bond donors (Lipinski definition) is 3. The molecule has 0 saturated heterocycles. The van der Waals surface area contributed by atoms with Gasteiger partial charge in [-0.15, -0.1) is 0 Å². The Morgan fingerprint density at radius 1 is 1.21 bits per heavy atom. The van der Waals surface area contributed by atoms with Crippen LogP contribution in [0.1, 0.15) is 21.6 Å². The molecule has 3 rings (SSSR count). The molecule has 24 heavy (non-hydrogen) atoms. The van der Waals surface area contributed by atoms with Crippen LogP contribution in [-0.2, 0) is 22.7 Å². The van der Waals surface area contributed by atoms with Gasteiger partial charge in [0.05, 0.1) is 18.9 Å². The quantitative estimate of drug-likeness (QED) is 0.746. The molecule has 1 aromatic carbocycles. The second-order valence-electron chi connectivity index (χ2n) is 5.19. The molecule has 8 heteroatoms. The maximum absolute atomic E-state index is 12.8. The monoisotopic (exact) mass is 330 g/mol. The van der Waals surface area contributed by atoms with Crippen molar-refractivity contribution in [2.75, 3.05) is 6.54 Å². The average molecular weight is 330 g/mol. The van der Waals surface area contributed by atoms with Gasteiger partial charge in [-0.3, -0.25) is 19.0 Å². The van der Waals surface area contributed by atoms with Crippen molar-refractivity contribution in [3.05, 3.63) is 57.5 Å². The summed E-state index contributed by atoms with van der Waals surface area (Å²) in [6.07, 6.45) is 0. The lowest BCUT2D eigenvalue weighted by Crippen LogP contribution is -2.36. The molecule has 2 aromatic rings. The molecule has 0 aliphatic carbocycles. The number of carbonyl (C=O) groups is 2. The molecule has 1 aliphatic rings. The second-order valence-corrected chi connectivity index (χ2v) is 5.19. The fourth-order valence-corrected chi connectivity index (χ4v) is 2.61. The van der Waals surface area contributed by atoms with Crippen molar-refractivity contribution >= 4 is 11.9 Å². The van der Waals surface area contributed by atoms with Crippen molar-refractivity contribution in [1.82, 2.24) is 9.88 Å². The number of carboxylic acids is 1. The van der Waals surface area contributed by atoms with Gasteiger partial charge in [0.2, 0.25) is 0 Å². The molecule has 0 unspecified atom stereocenters. The molecular weight excluding hydrogens is 316 g/mol. The number of fused-ring (bicyclic) bond motifs is 1. The molecule has 124 valence electrons. The summed E-state index contributed by atoms with van der Waals surface area (Å²) in [5.74, 6) is -2.67. The van der Waals surface area contributed by atoms with Crippen LogP contribution >= 0.6 is 0 Å². The number of hydrogen-bond acceptors (Lipinski definition) is 5. The molecule has 0 radical (unpaired) electrons. The zero-order chi connectivity index (χ0) is 17.3. The van der Waals surface area contributed by atoms with Crippen LogP contribution in [-0.4, -0.2) is 33.2 Å². The number of aromatic hydroxyl groups is 1. The van der Waals surface area contributed by atoms with Crippen LogP contribution in [0.2, 0.25) is 0 Å². The molecule has 1 amide bonds. The molecule has 0 saturated carbocycles. The lowest BCUT2D eigenvalue weighted by atomic mass is 10.1. The number of nitrogens with one attached hydrogen (secondary N) is 1. The van der Waals surface area contributed by atoms with Crippen molar-refractivity contribution < 1.29 is 24.5 Å². The van der Waals surface area contributed by atoms with Gasteiger partial charge < -0.3 is 20.3 Å². The number of benzene rings is 1. The third kappa shape index (κ3) is 2.63. The molecule has 3 N–H and O–H groups in total. The SMILES string of the molecule is O=C(O)CNC(=O)c1c(O)c2c(n(-c3ccccc3)c1=O)COC2. The first-order valence-corrected chi connectivity index (χ1v) is 7.13. The molecule has 8 nitrogen and oxygen atoms in total. The van der Waals surface area contributed by atoms with E-state index in [1.165, 1.54) is 4.57 Å². The predicted molar refractivity (Wildman–Crippen MR) is 82.2 cm³/mol. The van der Waals surface area contributed by atoms with Crippen molar-refractivity contribution in [1.29, 1.82) is 0 Å². The number of carboxylic acid groups (broad SMARTS) is 1. The largest absolute Gasteiger partial charge is 0.506 e. The average Bonchev–Trinajstić information content (AvgIpc) is 3.03. The molecule has 1 aromatic heterocycles. The molecule has 2 heterocycles. The van der Waals surface area contributed by atoms with E-state index >= 15 is 0 Å². The van der Waals surface area contributed by atoms with E-state index in [-0.39, 0.29) is 13.2 Å². The maximum Gasteiger partial charge on any atom is 0.322 e. The van der Waals surface area contributed by atoms with Gasteiger partial charge in [-0.1, -0.05) is 18.2 Å². The lowest BCUT2D eigenvalue weighted by molar-refractivity contribution is -0.135. The molecular formula is C16H14N2O6. The zero-order valence-corrected chi connectivity index (χ0v) is 12.5. The van der Waals surface area contributed by atoms with Crippen LogP contribution in [0.25, 0.3) is 5.69 Å². The van der Waals surface area contributed by atoms with Crippen molar-refractivity contribution in [3.8, 4) is 11.4 Å². The number of para-hydroxylation sites is 1. The second kappa shape index (κ2) is 6.17. The minimum absolute atomic E-state index is 0.0630. The van der Waals surface area contributed by atoms with Gasteiger partial charge in [-0.2, -0.15) is 0 Å². The predicted octanol–water partition coefficient (Wildman–Crippen LogP) is 0.388. The van der Waals surface area contributed by atoms with E-state index in [0.29, 0.717) is 16.9 Å². The van der Waals surface area contributed by atoms with Gasteiger partial charge in [-0.05, 0) is 12.1 Å². The fourth-order valence-electron chi connectivity index (χ4n) is 2.61. The molecule has 0 bridgehead atoms. The van der Waals surface area contributed by atoms with E-state index in [4.69, 9.17) is 9.84 Å². The van der Waals surface area contributed by atoms with E-state index in [1.807, 2.05) is 0 Å². The van der Waals surface area contributed by atoms with Gasteiger partial charge in [0.25, 0.3) is 11.5 Å². The number of aromatic nitrogens is 1. The Hall–Kier alpha value is -3.13. The Balaban J connectivity index is 2.19. The Morgan fingerprint density at radius 3 is 2.58 bits per heavy atom. The summed E-state index contributed by atoms with van der Waals surface area (Å²) in [4.78, 5) is 35.6. The van der Waals surface area contributed by atoms with Crippen LogP contribution in [0.15, 0.2) is 35.1 Å². The number of amides is 1. The summed E-state index contributed by atoms with van der Waals surface area (Å²) in [5.41, 5.74) is 0.115. The number of ether oxygens (including phenoxy) is 1. The zero-order valence-electron chi connectivity index (χ0n) is 12.5. The summed E-state index contributed by atoms with van der Waals surface area (Å²) in [6, 6.07) is 8.64. The molecule has 1 aliphatic heterocycles. The van der Waals surface area contributed by atoms with Crippen LogP contribution in [0.4, 0.5) is 0 Å². The lowest BCUT2D eigenvalue weighted by Gasteiger charge is -2.15. The highest BCUT2D eigenvalue weighted by Crippen LogP contribution is 2.31. The van der Waals surface area contributed by atoms with Gasteiger partial charge in [0.1, 0.15) is 17.9 Å². The summed E-state index contributed by atoms with van der Waals surface area (Å²) in [6.45, 7) is -0.464. The standard InChI is InChI=1S/C16H14N2O6/c19-12(20)6-17-15(22)13-14(21)10-7-24-8-11(10)18(16(13)23)9-4-2-1-3-5-9/h1-5,21H,6-8H2,(H,17,22)(H,19,20). The summed E-state index contributed by atoms with van der Waals surface area (Å²) in [5, 5.41) is 21.0. The van der Waals surface area contributed by atoms with Crippen LogP contribution in [0.5, 0.6) is 5.75 Å².